The first kappa shape index (κ1) is 15.3. The number of carbonyl (C=O) groups excluding carboxylic acids is 1. The standard InChI is InChI=1S/C14H22N2O3/c1-4-16(5-2)8-9-19-14(17)11-6-7-13(18-3)12(15)10-11/h6-7,10H,4-5,8-9,15H2,1-3H3. The maximum Gasteiger partial charge on any atom is 0.338 e. The Kier molecular flexibility index (Phi) is 6.15. The maximum absolute atomic E-state index is 11.8. The van der Waals surface area contributed by atoms with Crippen LogP contribution < -0.4 is 10.5 Å². The molecule has 0 heterocycles. The van der Waals surface area contributed by atoms with Crippen LogP contribution in [-0.2, 0) is 4.74 Å². The number of anilines is 1. The molecular formula is C14H22N2O3. The van der Waals surface area contributed by atoms with Crippen LogP contribution in [0.4, 0.5) is 5.69 Å². The van der Waals surface area contributed by atoms with Crippen LogP contribution in [0.2, 0.25) is 0 Å². The first-order chi connectivity index (χ1) is 9.12. The van der Waals surface area contributed by atoms with E-state index in [-0.39, 0.29) is 5.97 Å². The molecule has 106 valence electrons. The number of nitrogens with two attached hydrogens (primary N) is 1. The minimum Gasteiger partial charge on any atom is -0.495 e. The third-order valence-corrected chi connectivity index (χ3v) is 3.00. The number of rotatable bonds is 7. The average Bonchev–Trinajstić information content (AvgIpc) is 2.43. The summed E-state index contributed by atoms with van der Waals surface area (Å²) in [7, 11) is 1.54. The van der Waals surface area contributed by atoms with E-state index < -0.39 is 0 Å². The highest BCUT2D eigenvalue weighted by Gasteiger charge is 2.10. The van der Waals surface area contributed by atoms with Crippen molar-refractivity contribution in [1.29, 1.82) is 0 Å². The lowest BCUT2D eigenvalue weighted by molar-refractivity contribution is 0.0466. The summed E-state index contributed by atoms with van der Waals surface area (Å²) >= 11 is 0. The second-order valence-electron chi connectivity index (χ2n) is 4.12. The molecule has 0 spiro atoms. The van der Waals surface area contributed by atoms with Gasteiger partial charge in [0.25, 0.3) is 0 Å². The molecule has 0 aliphatic carbocycles. The van der Waals surface area contributed by atoms with Crippen molar-refractivity contribution in [3.63, 3.8) is 0 Å². The van der Waals surface area contributed by atoms with Crippen LogP contribution in [-0.4, -0.2) is 44.2 Å². The van der Waals surface area contributed by atoms with Gasteiger partial charge in [0, 0.05) is 6.54 Å². The molecule has 0 saturated heterocycles. The Balaban J connectivity index is 2.52. The summed E-state index contributed by atoms with van der Waals surface area (Å²) in [5.74, 6) is 0.196. The van der Waals surface area contributed by atoms with Gasteiger partial charge >= 0.3 is 5.97 Å². The summed E-state index contributed by atoms with van der Waals surface area (Å²) in [6, 6.07) is 4.88. The summed E-state index contributed by atoms with van der Waals surface area (Å²) < 4.78 is 10.3. The topological polar surface area (TPSA) is 64.8 Å². The highest BCUT2D eigenvalue weighted by atomic mass is 16.5. The molecule has 0 unspecified atom stereocenters. The molecule has 0 aromatic heterocycles. The van der Waals surface area contributed by atoms with Crippen molar-refractivity contribution in [2.24, 2.45) is 0 Å². The smallest absolute Gasteiger partial charge is 0.338 e. The lowest BCUT2D eigenvalue weighted by atomic mass is 10.2. The van der Waals surface area contributed by atoms with Gasteiger partial charge in [0.2, 0.25) is 0 Å². The number of hydrogen-bond donors (Lipinski definition) is 1. The molecule has 1 aromatic carbocycles. The van der Waals surface area contributed by atoms with E-state index in [0.717, 1.165) is 19.6 Å². The van der Waals surface area contributed by atoms with E-state index in [1.807, 2.05) is 0 Å². The largest absolute Gasteiger partial charge is 0.495 e. The Labute approximate surface area is 114 Å². The van der Waals surface area contributed by atoms with Crippen LogP contribution in [0.25, 0.3) is 0 Å². The molecule has 2 N–H and O–H groups in total. The molecule has 1 aromatic rings. The summed E-state index contributed by atoms with van der Waals surface area (Å²) in [5.41, 5.74) is 6.62. The van der Waals surface area contributed by atoms with Gasteiger partial charge in [-0.3, -0.25) is 0 Å². The zero-order valence-electron chi connectivity index (χ0n) is 11.8. The second-order valence-corrected chi connectivity index (χ2v) is 4.12. The van der Waals surface area contributed by atoms with Crippen molar-refractivity contribution >= 4 is 11.7 Å². The van der Waals surface area contributed by atoms with Crippen LogP contribution in [0, 0.1) is 0 Å². The van der Waals surface area contributed by atoms with Gasteiger partial charge < -0.3 is 20.1 Å². The molecule has 19 heavy (non-hydrogen) atoms. The minimum absolute atomic E-state index is 0.360. The van der Waals surface area contributed by atoms with Crippen molar-refractivity contribution in [2.45, 2.75) is 13.8 Å². The number of esters is 1. The van der Waals surface area contributed by atoms with Crippen LogP contribution >= 0.6 is 0 Å². The van der Waals surface area contributed by atoms with Gasteiger partial charge in [-0.25, -0.2) is 4.79 Å². The molecule has 0 radical (unpaired) electrons. The van der Waals surface area contributed by atoms with Crippen LogP contribution in [0.5, 0.6) is 5.75 Å². The lowest BCUT2D eigenvalue weighted by Gasteiger charge is -2.17. The van der Waals surface area contributed by atoms with E-state index in [9.17, 15) is 4.79 Å². The highest BCUT2D eigenvalue weighted by Crippen LogP contribution is 2.22. The third-order valence-electron chi connectivity index (χ3n) is 3.00. The van der Waals surface area contributed by atoms with E-state index in [2.05, 4.69) is 18.7 Å². The fraction of sp³-hybridized carbons (Fsp3) is 0.500. The van der Waals surface area contributed by atoms with E-state index in [1.54, 1.807) is 18.2 Å². The van der Waals surface area contributed by atoms with Crippen molar-refractivity contribution < 1.29 is 14.3 Å². The quantitative estimate of drug-likeness (QED) is 0.602. The fourth-order valence-electron chi connectivity index (χ4n) is 1.75. The summed E-state index contributed by atoms with van der Waals surface area (Å²) in [6.45, 7) is 7.18. The molecule has 0 saturated carbocycles. The summed E-state index contributed by atoms with van der Waals surface area (Å²) in [5, 5.41) is 0. The highest BCUT2D eigenvalue weighted by molar-refractivity contribution is 5.91. The predicted molar refractivity (Wildman–Crippen MR) is 75.5 cm³/mol. The van der Waals surface area contributed by atoms with E-state index in [0.29, 0.717) is 23.6 Å². The van der Waals surface area contributed by atoms with Gasteiger partial charge in [0.15, 0.2) is 0 Å². The molecule has 0 atom stereocenters. The zero-order valence-corrected chi connectivity index (χ0v) is 11.8. The molecule has 0 aliphatic rings. The van der Waals surface area contributed by atoms with E-state index in [1.165, 1.54) is 7.11 Å². The number of ether oxygens (including phenoxy) is 2. The van der Waals surface area contributed by atoms with Crippen LogP contribution in [0.15, 0.2) is 18.2 Å². The van der Waals surface area contributed by atoms with Crippen LogP contribution in [0.3, 0.4) is 0 Å². The Morgan fingerprint density at radius 2 is 2.00 bits per heavy atom. The van der Waals surface area contributed by atoms with Crippen molar-refractivity contribution in [3.8, 4) is 5.75 Å². The van der Waals surface area contributed by atoms with Gasteiger partial charge in [-0.05, 0) is 31.3 Å². The van der Waals surface area contributed by atoms with Gasteiger partial charge in [0.05, 0.1) is 18.4 Å². The fourth-order valence-corrected chi connectivity index (χ4v) is 1.75. The maximum atomic E-state index is 11.8. The summed E-state index contributed by atoms with van der Waals surface area (Å²) in [6.07, 6.45) is 0. The van der Waals surface area contributed by atoms with Crippen molar-refractivity contribution in [3.05, 3.63) is 23.8 Å². The Hall–Kier alpha value is -1.75. The number of benzene rings is 1. The second kappa shape index (κ2) is 7.63. The molecule has 0 fully saturated rings. The minimum atomic E-state index is -0.360. The number of nitrogen functional groups attached to an aromatic ring is 1. The number of likely N-dealkylation sites (N-methyl/N-ethyl adjacent to an activating group) is 1. The summed E-state index contributed by atoms with van der Waals surface area (Å²) in [4.78, 5) is 14.0. The molecule has 1 rings (SSSR count). The molecule has 0 aliphatic heterocycles. The zero-order chi connectivity index (χ0) is 14.3. The first-order valence-electron chi connectivity index (χ1n) is 6.45. The van der Waals surface area contributed by atoms with Crippen LogP contribution in [0.1, 0.15) is 24.2 Å². The molecule has 0 bridgehead atoms. The first-order valence-corrected chi connectivity index (χ1v) is 6.45. The monoisotopic (exact) mass is 266 g/mol. The lowest BCUT2D eigenvalue weighted by Crippen LogP contribution is -2.27. The molecule has 5 nitrogen and oxygen atoms in total. The number of nitrogens with zero attached hydrogens (tertiary/aromatic N) is 1. The van der Waals surface area contributed by atoms with Gasteiger partial charge in [-0.1, -0.05) is 13.8 Å². The Morgan fingerprint density at radius 3 is 2.53 bits per heavy atom. The van der Waals surface area contributed by atoms with Gasteiger partial charge in [-0.15, -0.1) is 0 Å². The SMILES string of the molecule is CCN(CC)CCOC(=O)c1ccc(OC)c(N)c1. The van der Waals surface area contributed by atoms with Gasteiger partial charge in [0.1, 0.15) is 12.4 Å². The van der Waals surface area contributed by atoms with E-state index >= 15 is 0 Å². The van der Waals surface area contributed by atoms with Crippen molar-refractivity contribution in [1.82, 2.24) is 4.90 Å². The van der Waals surface area contributed by atoms with Gasteiger partial charge in [-0.2, -0.15) is 0 Å². The molecule has 0 amide bonds. The molecular weight excluding hydrogens is 244 g/mol. The average molecular weight is 266 g/mol. The van der Waals surface area contributed by atoms with E-state index in [4.69, 9.17) is 15.2 Å². The number of carbonyl (C=O) groups is 1. The number of methoxy groups -OCH3 is 1. The normalized spacial score (nSPS) is 10.5. The third kappa shape index (κ3) is 4.44. The number of hydrogen-bond acceptors (Lipinski definition) is 5. The Morgan fingerprint density at radius 1 is 1.32 bits per heavy atom. The molecule has 5 heteroatoms. The Bertz CT molecular complexity index is 417. The van der Waals surface area contributed by atoms with Crippen molar-refractivity contribution in [2.75, 3.05) is 39.1 Å². The predicted octanol–water partition coefficient (Wildman–Crippen LogP) is 1.78.